The maximum Gasteiger partial charge on any atom is 0.142 e. The number of nitrogen functional groups attached to an aromatic ring is 1. The van der Waals surface area contributed by atoms with Crippen molar-refractivity contribution >= 4 is 18.3 Å². The number of hydrogen-bond donors (Lipinski definition) is 3. The number of phenolic OH excluding ortho intramolecular Hbond substituents is 1. The molecule has 0 aliphatic carbocycles. The lowest BCUT2D eigenvalue weighted by molar-refractivity contribution is 0.471. The third-order valence-electron chi connectivity index (χ3n) is 1.55. The molecule has 0 bridgehead atoms. The largest absolute Gasteiger partial charge is 0.505 e. The highest BCUT2D eigenvalue weighted by Crippen LogP contribution is 2.32. The van der Waals surface area contributed by atoms with Gasteiger partial charge in [-0.05, 0) is 13.0 Å². The van der Waals surface area contributed by atoms with Gasteiger partial charge in [0, 0.05) is 10.8 Å². The van der Waals surface area contributed by atoms with E-state index in [4.69, 9.17) is 5.73 Å². The minimum Gasteiger partial charge on any atom is -0.505 e. The number of rotatable bonds is 1. The molecular formula is C8H11NOS. The molecule has 1 unspecified atom stereocenters. The number of anilines is 1. The van der Waals surface area contributed by atoms with Crippen LogP contribution in [-0.4, -0.2) is 5.11 Å². The second-order valence-corrected chi connectivity index (χ2v) is 3.24. The van der Waals surface area contributed by atoms with Crippen LogP contribution >= 0.6 is 12.6 Å². The summed E-state index contributed by atoms with van der Waals surface area (Å²) >= 11 is 4.19. The highest BCUT2D eigenvalue weighted by atomic mass is 32.1. The first-order chi connectivity index (χ1) is 5.13. The van der Waals surface area contributed by atoms with E-state index < -0.39 is 0 Å². The van der Waals surface area contributed by atoms with E-state index in [2.05, 4.69) is 12.6 Å². The Balaban J connectivity index is 3.17. The molecule has 0 aliphatic heterocycles. The predicted octanol–water partition coefficient (Wildman–Crippen LogP) is 1.97. The summed E-state index contributed by atoms with van der Waals surface area (Å²) in [5.74, 6) is 0.148. The standard InChI is InChI=1S/C8H11NOS/c1-5(11)6-3-2-4-7(9)8(6)10/h2-5,10-11H,9H2,1H3. The van der Waals surface area contributed by atoms with Crippen molar-refractivity contribution in [3.63, 3.8) is 0 Å². The molecule has 3 heteroatoms. The molecule has 0 aliphatic rings. The fourth-order valence-electron chi connectivity index (χ4n) is 0.917. The Kier molecular flexibility index (Phi) is 2.29. The van der Waals surface area contributed by atoms with Crippen molar-refractivity contribution in [1.82, 2.24) is 0 Å². The van der Waals surface area contributed by atoms with Gasteiger partial charge in [-0.1, -0.05) is 12.1 Å². The van der Waals surface area contributed by atoms with E-state index in [-0.39, 0.29) is 11.0 Å². The quantitative estimate of drug-likeness (QED) is 0.342. The van der Waals surface area contributed by atoms with Crippen LogP contribution in [0.4, 0.5) is 5.69 Å². The third-order valence-corrected chi connectivity index (χ3v) is 1.83. The molecule has 0 saturated heterocycles. The highest BCUT2D eigenvalue weighted by Gasteiger charge is 2.07. The number of para-hydroxylation sites is 1. The van der Waals surface area contributed by atoms with Gasteiger partial charge in [0.25, 0.3) is 0 Å². The molecule has 0 aromatic heterocycles. The second-order valence-electron chi connectivity index (χ2n) is 2.46. The van der Waals surface area contributed by atoms with Crippen LogP contribution in [0.2, 0.25) is 0 Å². The number of hydrogen-bond acceptors (Lipinski definition) is 3. The number of nitrogens with two attached hydrogens (primary N) is 1. The van der Waals surface area contributed by atoms with Gasteiger partial charge in [0.1, 0.15) is 5.75 Å². The molecule has 3 N–H and O–H groups in total. The minimum atomic E-state index is 0.0125. The molecule has 0 saturated carbocycles. The fraction of sp³-hybridized carbons (Fsp3) is 0.250. The van der Waals surface area contributed by atoms with Crippen molar-refractivity contribution in [1.29, 1.82) is 0 Å². The molecule has 0 fully saturated rings. The Morgan fingerprint density at radius 1 is 1.55 bits per heavy atom. The molecule has 1 atom stereocenters. The Bertz CT molecular complexity index is 260. The van der Waals surface area contributed by atoms with Crippen molar-refractivity contribution in [2.75, 3.05) is 5.73 Å². The Labute approximate surface area is 71.5 Å². The van der Waals surface area contributed by atoms with Gasteiger partial charge in [0.2, 0.25) is 0 Å². The maximum absolute atomic E-state index is 9.39. The number of thiol groups is 1. The number of benzene rings is 1. The van der Waals surface area contributed by atoms with Gasteiger partial charge in [0.05, 0.1) is 5.69 Å². The van der Waals surface area contributed by atoms with E-state index in [1.165, 1.54) is 0 Å². The second kappa shape index (κ2) is 3.05. The topological polar surface area (TPSA) is 46.2 Å². The summed E-state index contributed by atoms with van der Waals surface area (Å²) in [5, 5.41) is 9.41. The molecule has 0 radical (unpaired) electrons. The SMILES string of the molecule is CC(S)c1cccc(N)c1O. The summed E-state index contributed by atoms with van der Waals surface area (Å²) in [6, 6.07) is 5.27. The Morgan fingerprint density at radius 3 is 2.64 bits per heavy atom. The molecule has 1 aromatic carbocycles. The smallest absolute Gasteiger partial charge is 0.142 e. The van der Waals surface area contributed by atoms with Crippen molar-refractivity contribution in [3.05, 3.63) is 23.8 Å². The molecule has 0 heterocycles. The molecule has 0 amide bonds. The molecule has 2 nitrogen and oxygen atoms in total. The molecule has 0 spiro atoms. The van der Waals surface area contributed by atoms with Crippen LogP contribution in [0.3, 0.4) is 0 Å². The van der Waals surface area contributed by atoms with Crippen LogP contribution in [0.15, 0.2) is 18.2 Å². The van der Waals surface area contributed by atoms with Gasteiger partial charge in [-0.3, -0.25) is 0 Å². The Morgan fingerprint density at radius 2 is 2.18 bits per heavy atom. The first-order valence-electron chi connectivity index (χ1n) is 3.38. The summed E-state index contributed by atoms with van der Waals surface area (Å²) in [6.07, 6.45) is 0. The molecule has 1 rings (SSSR count). The van der Waals surface area contributed by atoms with Gasteiger partial charge < -0.3 is 10.8 Å². The van der Waals surface area contributed by atoms with Crippen LogP contribution in [0.5, 0.6) is 5.75 Å². The first kappa shape index (κ1) is 8.27. The zero-order chi connectivity index (χ0) is 8.43. The van der Waals surface area contributed by atoms with Crippen LogP contribution in [0, 0.1) is 0 Å². The van der Waals surface area contributed by atoms with E-state index in [1.54, 1.807) is 12.1 Å². The van der Waals surface area contributed by atoms with Crippen molar-refractivity contribution in [2.24, 2.45) is 0 Å². The summed E-state index contributed by atoms with van der Waals surface area (Å²) in [6.45, 7) is 1.89. The third kappa shape index (κ3) is 1.60. The maximum atomic E-state index is 9.39. The molecule has 11 heavy (non-hydrogen) atoms. The fourth-order valence-corrected chi connectivity index (χ4v) is 1.13. The van der Waals surface area contributed by atoms with Crippen LogP contribution < -0.4 is 5.73 Å². The summed E-state index contributed by atoms with van der Waals surface area (Å²) in [7, 11) is 0. The Hall–Kier alpha value is -0.830. The molecular weight excluding hydrogens is 158 g/mol. The lowest BCUT2D eigenvalue weighted by Gasteiger charge is -2.08. The summed E-state index contributed by atoms with van der Waals surface area (Å²) in [4.78, 5) is 0. The van der Waals surface area contributed by atoms with E-state index in [9.17, 15) is 5.11 Å². The highest BCUT2D eigenvalue weighted by molar-refractivity contribution is 7.80. The van der Waals surface area contributed by atoms with Crippen LogP contribution in [-0.2, 0) is 0 Å². The number of aromatic hydroxyl groups is 1. The first-order valence-corrected chi connectivity index (χ1v) is 3.90. The predicted molar refractivity (Wildman–Crippen MR) is 49.9 cm³/mol. The van der Waals surface area contributed by atoms with E-state index in [0.29, 0.717) is 5.69 Å². The normalized spacial score (nSPS) is 12.9. The van der Waals surface area contributed by atoms with E-state index in [1.807, 2.05) is 13.0 Å². The zero-order valence-electron chi connectivity index (χ0n) is 6.28. The van der Waals surface area contributed by atoms with Gasteiger partial charge in [-0.15, -0.1) is 0 Å². The minimum absolute atomic E-state index is 0.0125. The van der Waals surface area contributed by atoms with Gasteiger partial charge in [0.15, 0.2) is 0 Å². The van der Waals surface area contributed by atoms with Crippen LogP contribution in [0.1, 0.15) is 17.7 Å². The zero-order valence-corrected chi connectivity index (χ0v) is 7.18. The average molecular weight is 169 g/mol. The lowest BCUT2D eigenvalue weighted by Crippen LogP contribution is -1.90. The van der Waals surface area contributed by atoms with Gasteiger partial charge in [-0.2, -0.15) is 12.6 Å². The monoisotopic (exact) mass is 169 g/mol. The van der Waals surface area contributed by atoms with Crippen LogP contribution in [0.25, 0.3) is 0 Å². The summed E-state index contributed by atoms with van der Waals surface area (Å²) in [5.41, 5.74) is 6.65. The van der Waals surface area contributed by atoms with E-state index >= 15 is 0 Å². The van der Waals surface area contributed by atoms with Gasteiger partial charge in [-0.25, -0.2) is 0 Å². The van der Waals surface area contributed by atoms with Crippen molar-refractivity contribution in [2.45, 2.75) is 12.2 Å². The van der Waals surface area contributed by atoms with E-state index in [0.717, 1.165) is 5.56 Å². The number of phenols is 1. The van der Waals surface area contributed by atoms with Crippen molar-refractivity contribution < 1.29 is 5.11 Å². The molecule has 1 aromatic rings. The summed E-state index contributed by atoms with van der Waals surface area (Å²) < 4.78 is 0. The molecule has 60 valence electrons. The van der Waals surface area contributed by atoms with Crippen molar-refractivity contribution in [3.8, 4) is 5.75 Å². The lowest BCUT2D eigenvalue weighted by atomic mass is 10.1. The van der Waals surface area contributed by atoms with Gasteiger partial charge >= 0.3 is 0 Å². The average Bonchev–Trinajstić information content (AvgIpc) is 1.94.